The van der Waals surface area contributed by atoms with E-state index in [2.05, 4.69) is 9.80 Å². The Kier molecular flexibility index (Phi) is 7.35. The molecule has 0 bridgehead atoms. The summed E-state index contributed by atoms with van der Waals surface area (Å²) in [7, 11) is 0. The van der Waals surface area contributed by atoms with Crippen LogP contribution >= 0.6 is 0 Å². The Bertz CT molecular complexity index is 476. The summed E-state index contributed by atoms with van der Waals surface area (Å²) >= 11 is 0. The number of hydrogen-bond donors (Lipinski definition) is 0. The van der Waals surface area contributed by atoms with Crippen molar-refractivity contribution in [1.82, 2.24) is 14.7 Å². The molecule has 0 N–H and O–H groups in total. The van der Waals surface area contributed by atoms with Crippen LogP contribution in [0.3, 0.4) is 0 Å². The molecule has 0 radical (unpaired) electrons. The van der Waals surface area contributed by atoms with Crippen molar-refractivity contribution in [2.45, 2.75) is 64.7 Å². The van der Waals surface area contributed by atoms with Crippen molar-refractivity contribution in [2.75, 3.05) is 45.8 Å². The van der Waals surface area contributed by atoms with Gasteiger partial charge in [0.15, 0.2) is 0 Å². The van der Waals surface area contributed by atoms with Crippen molar-refractivity contribution in [3.8, 4) is 0 Å². The lowest BCUT2D eigenvalue weighted by molar-refractivity contribution is -0.140. The number of rotatable bonds is 4. The van der Waals surface area contributed by atoms with Gasteiger partial charge in [-0.25, -0.2) is 0 Å². The van der Waals surface area contributed by atoms with Crippen LogP contribution in [0.4, 0.5) is 0 Å². The smallest absolute Gasteiger partial charge is 0.227 e. The number of piperidine rings is 1. The van der Waals surface area contributed by atoms with Gasteiger partial charge in [0.2, 0.25) is 11.8 Å². The summed E-state index contributed by atoms with van der Waals surface area (Å²) in [6, 6.07) is 0. The van der Waals surface area contributed by atoms with Gasteiger partial charge in [0, 0.05) is 45.7 Å². The van der Waals surface area contributed by atoms with Gasteiger partial charge in [-0.05, 0) is 44.6 Å². The molecule has 3 fully saturated rings. The fourth-order valence-electron chi connectivity index (χ4n) is 5.00. The first-order valence-corrected chi connectivity index (χ1v) is 11.0. The van der Waals surface area contributed by atoms with Crippen LogP contribution in [0.25, 0.3) is 0 Å². The Morgan fingerprint density at radius 1 is 0.808 bits per heavy atom. The number of likely N-dealkylation sites (tertiary alicyclic amines) is 1. The van der Waals surface area contributed by atoms with Crippen LogP contribution in [0.15, 0.2) is 0 Å². The van der Waals surface area contributed by atoms with Gasteiger partial charge in [-0.2, -0.15) is 0 Å². The van der Waals surface area contributed by atoms with Gasteiger partial charge in [0.05, 0.1) is 5.92 Å². The lowest BCUT2D eigenvalue weighted by Crippen LogP contribution is -2.47. The second-order valence-corrected chi connectivity index (χ2v) is 8.52. The van der Waals surface area contributed by atoms with Crippen LogP contribution in [-0.4, -0.2) is 72.3 Å². The second-order valence-electron chi connectivity index (χ2n) is 8.52. The maximum Gasteiger partial charge on any atom is 0.227 e. The molecule has 1 aliphatic carbocycles. The fraction of sp³-hybridized carbons (Fsp3) is 0.905. The van der Waals surface area contributed by atoms with Gasteiger partial charge in [0.25, 0.3) is 0 Å². The van der Waals surface area contributed by atoms with Crippen molar-refractivity contribution in [3.05, 3.63) is 0 Å². The third-order valence-electron chi connectivity index (χ3n) is 6.57. The predicted octanol–water partition coefficient (Wildman–Crippen LogP) is 2.75. The van der Waals surface area contributed by atoms with Crippen molar-refractivity contribution in [2.24, 2.45) is 11.8 Å². The van der Waals surface area contributed by atoms with Gasteiger partial charge in [-0.15, -0.1) is 0 Å². The van der Waals surface area contributed by atoms with E-state index in [-0.39, 0.29) is 17.7 Å². The zero-order chi connectivity index (χ0) is 18.4. The van der Waals surface area contributed by atoms with Crippen molar-refractivity contribution in [1.29, 1.82) is 0 Å². The first kappa shape index (κ1) is 19.7. The molecule has 3 rings (SSSR count). The lowest BCUT2D eigenvalue weighted by atomic mass is 9.89. The van der Waals surface area contributed by atoms with E-state index in [1.807, 2.05) is 11.8 Å². The number of carbonyl (C=O) groups is 2. The molecule has 2 aliphatic heterocycles. The average Bonchev–Trinajstić information content (AvgIpc) is 2.93. The molecule has 0 spiro atoms. The SMILES string of the molecule is CCC(=O)N1CCC[C@H](C(=O)N2CCCN(CC3CCCCC3)CC2)C1. The molecule has 148 valence electrons. The third-order valence-corrected chi connectivity index (χ3v) is 6.57. The first-order valence-electron chi connectivity index (χ1n) is 11.0. The van der Waals surface area contributed by atoms with Gasteiger partial charge in [-0.1, -0.05) is 26.2 Å². The minimum absolute atomic E-state index is 0.0177. The molecule has 2 saturated heterocycles. The van der Waals surface area contributed by atoms with E-state index in [4.69, 9.17) is 0 Å². The zero-order valence-electron chi connectivity index (χ0n) is 16.6. The van der Waals surface area contributed by atoms with E-state index < -0.39 is 0 Å². The van der Waals surface area contributed by atoms with Crippen LogP contribution in [-0.2, 0) is 9.59 Å². The van der Waals surface area contributed by atoms with Crippen LogP contribution in [0.2, 0.25) is 0 Å². The second kappa shape index (κ2) is 9.72. The predicted molar refractivity (Wildman–Crippen MR) is 104 cm³/mol. The quantitative estimate of drug-likeness (QED) is 0.771. The van der Waals surface area contributed by atoms with Gasteiger partial charge >= 0.3 is 0 Å². The van der Waals surface area contributed by atoms with E-state index in [0.29, 0.717) is 13.0 Å². The molecule has 5 heteroatoms. The summed E-state index contributed by atoms with van der Waals surface area (Å²) in [5.74, 6) is 1.37. The standard InChI is InChI=1S/C21H37N3O2/c1-2-20(25)24-12-6-10-19(17-24)21(26)23-13-7-11-22(14-15-23)16-18-8-4-3-5-9-18/h18-19H,2-17H2,1H3/t19-/m0/s1. The Balaban J connectivity index is 1.48. The van der Waals surface area contributed by atoms with E-state index in [1.54, 1.807) is 0 Å². The molecular weight excluding hydrogens is 326 g/mol. The highest BCUT2D eigenvalue weighted by Crippen LogP contribution is 2.25. The zero-order valence-corrected chi connectivity index (χ0v) is 16.6. The van der Waals surface area contributed by atoms with Crippen molar-refractivity contribution >= 4 is 11.8 Å². The summed E-state index contributed by atoms with van der Waals surface area (Å²) in [5.41, 5.74) is 0. The van der Waals surface area contributed by atoms with Crippen LogP contribution < -0.4 is 0 Å². The van der Waals surface area contributed by atoms with Gasteiger partial charge < -0.3 is 14.7 Å². The summed E-state index contributed by atoms with van der Waals surface area (Å²) in [6.45, 7) is 8.49. The highest BCUT2D eigenvalue weighted by atomic mass is 16.2. The van der Waals surface area contributed by atoms with Gasteiger partial charge in [-0.3, -0.25) is 9.59 Å². The Morgan fingerprint density at radius 2 is 1.58 bits per heavy atom. The molecule has 0 aromatic carbocycles. The molecule has 0 aromatic heterocycles. The maximum atomic E-state index is 13.0. The highest BCUT2D eigenvalue weighted by Gasteiger charge is 2.31. The molecule has 0 aromatic rings. The normalized spacial score (nSPS) is 26.6. The number of hydrogen-bond acceptors (Lipinski definition) is 3. The van der Waals surface area contributed by atoms with Crippen molar-refractivity contribution < 1.29 is 9.59 Å². The van der Waals surface area contributed by atoms with Crippen LogP contribution in [0, 0.1) is 11.8 Å². The molecule has 1 saturated carbocycles. The molecule has 2 heterocycles. The average molecular weight is 364 g/mol. The van der Waals surface area contributed by atoms with E-state index >= 15 is 0 Å². The molecule has 0 unspecified atom stereocenters. The summed E-state index contributed by atoms with van der Waals surface area (Å²) in [4.78, 5) is 31.6. The van der Waals surface area contributed by atoms with E-state index in [9.17, 15) is 9.59 Å². The monoisotopic (exact) mass is 363 g/mol. The van der Waals surface area contributed by atoms with Gasteiger partial charge in [0.1, 0.15) is 0 Å². The highest BCUT2D eigenvalue weighted by molar-refractivity contribution is 5.81. The maximum absolute atomic E-state index is 13.0. The number of carbonyl (C=O) groups excluding carboxylic acids is 2. The Hall–Kier alpha value is -1.10. The fourth-order valence-corrected chi connectivity index (χ4v) is 5.00. The molecule has 1 atom stereocenters. The lowest BCUT2D eigenvalue weighted by Gasteiger charge is -2.34. The Morgan fingerprint density at radius 3 is 2.35 bits per heavy atom. The molecule has 3 aliphatic rings. The van der Waals surface area contributed by atoms with E-state index in [0.717, 1.165) is 57.9 Å². The summed E-state index contributed by atoms with van der Waals surface area (Å²) in [6.07, 6.45) is 10.5. The number of amides is 2. The number of nitrogens with zero attached hydrogens (tertiary/aromatic N) is 3. The summed E-state index contributed by atoms with van der Waals surface area (Å²) in [5, 5.41) is 0. The third kappa shape index (κ3) is 5.21. The largest absolute Gasteiger partial charge is 0.342 e. The molecule has 5 nitrogen and oxygen atoms in total. The minimum Gasteiger partial charge on any atom is -0.342 e. The van der Waals surface area contributed by atoms with Crippen molar-refractivity contribution in [3.63, 3.8) is 0 Å². The Labute approximate surface area is 159 Å². The summed E-state index contributed by atoms with van der Waals surface area (Å²) < 4.78 is 0. The van der Waals surface area contributed by atoms with Crippen LogP contribution in [0.5, 0.6) is 0 Å². The topological polar surface area (TPSA) is 43.9 Å². The molecular formula is C21H37N3O2. The molecule has 2 amide bonds. The molecule has 26 heavy (non-hydrogen) atoms. The van der Waals surface area contributed by atoms with Crippen LogP contribution in [0.1, 0.15) is 64.7 Å². The van der Waals surface area contributed by atoms with E-state index in [1.165, 1.54) is 38.6 Å². The minimum atomic E-state index is 0.0177. The first-order chi connectivity index (χ1) is 12.7.